The summed E-state index contributed by atoms with van der Waals surface area (Å²) in [4.78, 5) is 8.76. The zero-order valence-electron chi connectivity index (χ0n) is 14.6. The molecule has 0 saturated heterocycles. The molecular formula is C19H17N5O2S. The van der Waals surface area contributed by atoms with Gasteiger partial charge in [0.25, 0.3) is 0 Å². The molecule has 0 saturated carbocycles. The Morgan fingerprint density at radius 2 is 1.93 bits per heavy atom. The van der Waals surface area contributed by atoms with Crippen LogP contribution < -0.4 is 5.32 Å². The summed E-state index contributed by atoms with van der Waals surface area (Å²) in [5, 5.41) is 8.25. The molecule has 8 heteroatoms. The van der Waals surface area contributed by atoms with E-state index in [4.69, 9.17) is 0 Å². The highest BCUT2D eigenvalue weighted by atomic mass is 32.2. The highest BCUT2D eigenvalue weighted by molar-refractivity contribution is 7.90. The van der Waals surface area contributed by atoms with Gasteiger partial charge in [0.1, 0.15) is 12.1 Å². The number of fused-ring (bicyclic) bond motifs is 1. The maximum absolute atomic E-state index is 11.9. The Hall–Kier alpha value is -3.26. The molecule has 0 amide bonds. The number of rotatable bonds is 5. The smallest absolute Gasteiger partial charge is 0.175 e. The van der Waals surface area contributed by atoms with E-state index in [1.54, 1.807) is 29.1 Å². The zero-order chi connectivity index (χ0) is 18.9. The lowest BCUT2D eigenvalue weighted by Gasteiger charge is -2.12. The predicted octanol–water partition coefficient (Wildman–Crippen LogP) is 2.83. The summed E-state index contributed by atoms with van der Waals surface area (Å²) < 4.78 is 25.5. The van der Waals surface area contributed by atoms with E-state index >= 15 is 0 Å². The Kier molecular flexibility index (Phi) is 4.33. The Balaban J connectivity index is 1.69. The van der Waals surface area contributed by atoms with E-state index < -0.39 is 9.84 Å². The molecule has 1 N–H and O–H groups in total. The van der Waals surface area contributed by atoms with Gasteiger partial charge >= 0.3 is 0 Å². The van der Waals surface area contributed by atoms with Crippen LogP contribution in [-0.2, 0) is 16.4 Å². The van der Waals surface area contributed by atoms with Gasteiger partial charge in [-0.15, -0.1) is 0 Å². The number of anilines is 1. The normalized spacial score (nSPS) is 11.6. The third-order valence-corrected chi connectivity index (χ3v) is 5.33. The maximum atomic E-state index is 11.9. The molecule has 0 aliphatic heterocycles. The number of nitrogens with zero attached hydrogens (tertiary/aromatic N) is 4. The molecule has 0 spiro atoms. The molecule has 0 aliphatic carbocycles. The van der Waals surface area contributed by atoms with Crippen molar-refractivity contribution in [2.75, 3.05) is 11.6 Å². The topological polar surface area (TPSA) is 89.8 Å². The SMILES string of the molecule is CS(=O)(=O)c1ccc2ncnc(NCc3ccccc3-n3cccn3)c2c1. The van der Waals surface area contributed by atoms with E-state index in [1.807, 2.05) is 36.5 Å². The van der Waals surface area contributed by atoms with Crippen molar-refractivity contribution in [3.8, 4) is 5.69 Å². The molecule has 0 radical (unpaired) electrons. The van der Waals surface area contributed by atoms with E-state index in [0.717, 1.165) is 11.3 Å². The number of nitrogens with one attached hydrogen (secondary N) is 1. The van der Waals surface area contributed by atoms with Gasteiger partial charge < -0.3 is 5.32 Å². The van der Waals surface area contributed by atoms with Gasteiger partial charge in [-0.3, -0.25) is 0 Å². The van der Waals surface area contributed by atoms with Crippen molar-refractivity contribution in [2.24, 2.45) is 0 Å². The minimum atomic E-state index is -3.31. The summed E-state index contributed by atoms with van der Waals surface area (Å²) in [5.41, 5.74) is 2.68. The molecular weight excluding hydrogens is 362 g/mol. The van der Waals surface area contributed by atoms with Crippen molar-refractivity contribution in [1.29, 1.82) is 0 Å². The molecule has 2 heterocycles. The van der Waals surface area contributed by atoms with Gasteiger partial charge in [-0.25, -0.2) is 23.1 Å². The van der Waals surface area contributed by atoms with Gasteiger partial charge in [0.15, 0.2) is 9.84 Å². The second-order valence-corrected chi connectivity index (χ2v) is 8.12. The highest BCUT2D eigenvalue weighted by Gasteiger charge is 2.12. The number of hydrogen-bond donors (Lipinski definition) is 1. The van der Waals surface area contributed by atoms with Crippen molar-refractivity contribution in [2.45, 2.75) is 11.4 Å². The summed E-state index contributed by atoms with van der Waals surface area (Å²) >= 11 is 0. The summed E-state index contributed by atoms with van der Waals surface area (Å²) in [7, 11) is -3.31. The molecule has 0 bridgehead atoms. The molecule has 2 aromatic heterocycles. The first-order valence-corrected chi connectivity index (χ1v) is 10.2. The van der Waals surface area contributed by atoms with Crippen LogP contribution >= 0.6 is 0 Å². The molecule has 136 valence electrons. The third kappa shape index (κ3) is 3.52. The maximum Gasteiger partial charge on any atom is 0.175 e. The quantitative estimate of drug-likeness (QED) is 0.573. The van der Waals surface area contributed by atoms with E-state index in [0.29, 0.717) is 23.3 Å². The molecule has 0 unspecified atom stereocenters. The Morgan fingerprint density at radius 3 is 2.70 bits per heavy atom. The van der Waals surface area contributed by atoms with Crippen LogP contribution in [0.3, 0.4) is 0 Å². The molecule has 0 fully saturated rings. The first kappa shape index (κ1) is 17.2. The van der Waals surface area contributed by atoms with Gasteiger partial charge in [-0.1, -0.05) is 18.2 Å². The molecule has 4 aromatic rings. The first-order valence-electron chi connectivity index (χ1n) is 8.29. The first-order chi connectivity index (χ1) is 13.0. The number of aromatic nitrogens is 4. The number of sulfone groups is 1. The molecule has 0 atom stereocenters. The van der Waals surface area contributed by atoms with Gasteiger partial charge in [0.2, 0.25) is 0 Å². The number of hydrogen-bond acceptors (Lipinski definition) is 6. The van der Waals surface area contributed by atoms with Crippen LogP contribution in [0.2, 0.25) is 0 Å². The van der Waals surface area contributed by atoms with Crippen LogP contribution in [0.25, 0.3) is 16.6 Å². The zero-order valence-corrected chi connectivity index (χ0v) is 15.4. The number of benzene rings is 2. The Labute approximate surface area is 156 Å². The van der Waals surface area contributed by atoms with E-state index in [9.17, 15) is 8.42 Å². The largest absolute Gasteiger partial charge is 0.365 e. The van der Waals surface area contributed by atoms with Crippen LogP contribution in [0, 0.1) is 0 Å². The highest BCUT2D eigenvalue weighted by Crippen LogP contribution is 2.24. The fourth-order valence-corrected chi connectivity index (χ4v) is 3.53. The van der Waals surface area contributed by atoms with Crippen molar-refractivity contribution < 1.29 is 8.42 Å². The van der Waals surface area contributed by atoms with Gasteiger partial charge in [0.05, 0.1) is 16.1 Å². The van der Waals surface area contributed by atoms with Gasteiger partial charge in [-0.2, -0.15) is 5.10 Å². The van der Waals surface area contributed by atoms with Gasteiger partial charge in [-0.05, 0) is 35.9 Å². The molecule has 0 aliphatic rings. The summed E-state index contributed by atoms with van der Waals surface area (Å²) in [6.45, 7) is 0.505. The molecule has 4 rings (SSSR count). The summed E-state index contributed by atoms with van der Waals surface area (Å²) in [6.07, 6.45) is 6.27. The minimum Gasteiger partial charge on any atom is -0.365 e. The second kappa shape index (κ2) is 6.81. The molecule has 27 heavy (non-hydrogen) atoms. The lowest BCUT2D eigenvalue weighted by molar-refractivity contribution is 0.602. The lowest BCUT2D eigenvalue weighted by Crippen LogP contribution is -2.07. The Bertz CT molecular complexity index is 1200. The van der Waals surface area contributed by atoms with E-state index in [2.05, 4.69) is 20.4 Å². The number of para-hydroxylation sites is 1. The van der Waals surface area contributed by atoms with Crippen LogP contribution in [-0.4, -0.2) is 34.4 Å². The average molecular weight is 379 g/mol. The lowest BCUT2D eigenvalue weighted by atomic mass is 10.1. The van der Waals surface area contributed by atoms with Crippen LogP contribution in [0.5, 0.6) is 0 Å². The second-order valence-electron chi connectivity index (χ2n) is 6.11. The molecule has 2 aromatic carbocycles. The minimum absolute atomic E-state index is 0.241. The van der Waals surface area contributed by atoms with Crippen LogP contribution in [0.1, 0.15) is 5.56 Å². The third-order valence-electron chi connectivity index (χ3n) is 4.22. The summed E-state index contributed by atoms with van der Waals surface area (Å²) in [5.74, 6) is 0.584. The van der Waals surface area contributed by atoms with Crippen molar-refractivity contribution in [1.82, 2.24) is 19.7 Å². The van der Waals surface area contributed by atoms with E-state index in [1.165, 1.54) is 12.6 Å². The predicted molar refractivity (Wildman–Crippen MR) is 104 cm³/mol. The summed E-state index contributed by atoms with van der Waals surface area (Å²) in [6, 6.07) is 14.6. The molecule has 7 nitrogen and oxygen atoms in total. The van der Waals surface area contributed by atoms with E-state index in [-0.39, 0.29) is 4.90 Å². The van der Waals surface area contributed by atoms with Gasteiger partial charge in [0, 0.05) is 30.6 Å². The monoisotopic (exact) mass is 379 g/mol. The van der Waals surface area contributed by atoms with Crippen molar-refractivity contribution in [3.05, 3.63) is 72.8 Å². The van der Waals surface area contributed by atoms with Crippen LogP contribution in [0.15, 0.2) is 72.1 Å². The fourth-order valence-electron chi connectivity index (χ4n) is 2.88. The average Bonchev–Trinajstić information content (AvgIpc) is 3.20. The fraction of sp³-hybridized carbons (Fsp3) is 0.105. The van der Waals surface area contributed by atoms with Crippen molar-refractivity contribution in [3.63, 3.8) is 0 Å². The Morgan fingerprint density at radius 1 is 1.07 bits per heavy atom. The van der Waals surface area contributed by atoms with Crippen LogP contribution in [0.4, 0.5) is 5.82 Å². The van der Waals surface area contributed by atoms with Crippen molar-refractivity contribution >= 4 is 26.6 Å². The standard InChI is InChI=1S/C19H17N5O2S/c1-27(25,26)15-7-8-17-16(11-15)19(22-13-21-17)20-12-14-5-2-3-6-18(14)24-10-4-9-23-24/h2-11,13H,12H2,1H3,(H,20,21,22).